The summed E-state index contributed by atoms with van der Waals surface area (Å²) in [5.41, 5.74) is 3.83. The van der Waals surface area contributed by atoms with E-state index in [0.29, 0.717) is 55.4 Å². The highest BCUT2D eigenvalue weighted by atomic mass is 35.5. The van der Waals surface area contributed by atoms with Gasteiger partial charge in [-0.25, -0.2) is 9.78 Å². The predicted molar refractivity (Wildman–Crippen MR) is 141 cm³/mol. The molecule has 1 aliphatic heterocycles. The van der Waals surface area contributed by atoms with E-state index >= 15 is 0 Å². The van der Waals surface area contributed by atoms with Gasteiger partial charge in [-0.1, -0.05) is 24.6 Å². The summed E-state index contributed by atoms with van der Waals surface area (Å²) in [5, 5.41) is 4.50. The van der Waals surface area contributed by atoms with Gasteiger partial charge in [-0.15, -0.1) is 0 Å². The van der Waals surface area contributed by atoms with Gasteiger partial charge < -0.3 is 24.6 Å². The molecule has 0 aliphatic carbocycles. The van der Waals surface area contributed by atoms with E-state index in [1.165, 1.54) is 0 Å². The molecule has 1 saturated heterocycles. The lowest BCUT2D eigenvalue weighted by molar-refractivity contribution is 0.0560. The molecule has 0 atom stereocenters. The Hall–Kier alpha value is -3.36. The molecule has 1 aromatic heterocycles. The maximum atomic E-state index is 13.2. The standard InChI is InChI=1S/C27H31ClN4O4/c1-4-13-36-27(34)32-11-9-31(10-12-32)26(33)19-5-7-21-22(28)16-23(30-24(21)15-19)18-6-8-25(35-3)20(14-18)17-29-2/h5-8,14-16,29H,4,9-13,17H2,1-3H3. The Labute approximate surface area is 216 Å². The Balaban J connectivity index is 1.56. The quantitative estimate of drug-likeness (QED) is 0.500. The van der Waals surface area contributed by atoms with Crippen molar-refractivity contribution in [3.05, 3.63) is 58.6 Å². The average molecular weight is 511 g/mol. The Morgan fingerprint density at radius 3 is 2.50 bits per heavy atom. The van der Waals surface area contributed by atoms with E-state index in [9.17, 15) is 9.59 Å². The van der Waals surface area contributed by atoms with Crippen molar-refractivity contribution in [2.75, 3.05) is 46.9 Å². The highest BCUT2D eigenvalue weighted by Gasteiger charge is 2.26. The van der Waals surface area contributed by atoms with Crippen molar-refractivity contribution >= 4 is 34.5 Å². The van der Waals surface area contributed by atoms with E-state index < -0.39 is 0 Å². The minimum absolute atomic E-state index is 0.0949. The van der Waals surface area contributed by atoms with Gasteiger partial charge in [-0.05, 0) is 49.9 Å². The van der Waals surface area contributed by atoms with E-state index in [1.54, 1.807) is 29.0 Å². The number of piperazine rings is 1. The SMILES string of the molecule is CCCOC(=O)N1CCN(C(=O)c2ccc3c(Cl)cc(-c4ccc(OC)c(CNC)c4)nc3c2)CC1. The van der Waals surface area contributed by atoms with Crippen LogP contribution in [0.3, 0.4) is 0 Å². The van der Waals surface area contributed by atoms with E-state index in [-0.39, 0.29) is 12.0 Å². The van der Waals surface area contributed by atoms with Gasteiger partial charge in [0.15, 0.2) is 0 Å². The largest absolute Gasteiger partial charge is 0.496 e. The zero-order valence-electron chi connectivity index (χ0n) is 20.8. The lowest BCUT2D eigenvalue weighted by atomic mass is 10.0. The minimum atomic E-state index is -0.322. The van der Waals surface area contributed by atoms with Crippen molar-refractivity contribution in [3.8, 4) is 17.0 Å². The number of aromatic nitrogens is 1. The fraction of sp³-hybridized carbons (Fsp3) is 0.370. The van der Waals surface area contributed by atoms with Crippen LogP contribution in [0.1, 0.15) is 29.3 Å². The number of carbonyl (C=O) groups is 2. The zero-order valence-corrected chi connectivity index (χ0v) is 21.6. The van der Waals surface area contributed by atoms with Crippen LogP contribution in [0, 0.1) is 0 Å². The van der Waals surface area contributed by atoms with Crippen molar-refractivity contribution in [1.29, 1.82) is 0 Å². The van der Waals surface area contributed by atoms with Gasteiger partial charge >= 0.3 is 6.09 Å². The van der Waals surface area contributed by atoms with Gasteiger partial charge in [-0.3, -0.25) is 4.79 Å². The number of nitrogens with one attached hydrogen (secondary N) is 1. The molecule has 2 aromatic carbocycles. The molecule has 1 N–H and O–H groups in total. The highest BCUT2D eigenvalue weighted by molar-refractivity contribution is 6.35. The summed E-state index contributed by atoms with van der Waals surface area (Å²) in [6.07, 6.45) is 0.457. The number of pyridine rings is 1. The molecule has 4 rings (SSSR count). The Kier molecular flexibility index (Phi) is 8.28. The second-order valence-corrected chi connectivity index (χ2v) is 9.08. The second kappa shape index (κ2) is 11.6. The molecule has 3 aromatic rings. The van der Waals surface area contributed by atoms with Crippen molar-refractivity contribution in [1.82, 2.24) is 20.1 Å². The molecule has 1 aliphatic rings. The summed E-state index contributed by atoms with van der Waals surface area (Å²) in [6, 6.07) is 13.1. The van der Waals surface area contributed by atoms with Crippen LogP contribution in [0.5, 0.6) is 5.75 Å². The number of amides is 2. The molecule has 1 fully saturated rings. The third-order valence-corrected chi connectivity index (χ3v) is 6.52. The third-order valence-electron chi connectivity index (χ3n) is 6.20. The monoisotopic (exact) mass is 510 g/mol. The molecule has 8 nitrogen and oxygen atoms in total. The van der Waals surface area contributed by atoms with Crippen molar-refractivity contribution < 1.29 is 19.1 Å². The van der Waals surface area contributed by atoms with Crippen LogP contribution in [0.4, 0.5) is 4.79 Å². The molecular weight excluding hydrogens is 480 g/mol. The van der Waals surface area contributed by atoms with E-state index in [4.69, 9.17) is 26.1 Å². The van der Waals surface area contributed by atoms with Crippen LogP contribution in [0.25, 0.3) is 22.2 Å². The van der Waals surface area contributed by atoms with E-state index in [1.807, 2.05) is 44.3 Å². The normalized spacial score (nSPS) is 13.7. The fourth-order valence-electron chi connectivity index (χ4n) is 4.29. The van der Waals surface area contributed by atoms with Gasteiger partial charge in [0.05, 0.1) is 29.9 Å². The molecule has 2 amide bonds. The lowest BCUT2D eigenvalue weighted by Crippen LogP contribution is -2.50. The number of benzene rings is 2. The van der Waals surface area contributed by atoms with E-state index in [2.05, 4.69) is 5.32 Å². The van der Waals surface area contributed by atoms with Crippen LogP contribution < -0.4 is 10.1 Å². The molecule has 9 heteroatoms. The number of rotatable bonds is 7. The number of nitrogens with zero attached hydrogens (tertiary/aromatic N) is 3. The lowest BCUT2D eigenvalue weighted by Gasteiger charge is -2.34. The molecule has 0 bridgehead atoms. The smallest absolute Gasteiger partial charge is 0.409 e. The summed E-state index contributed by atoms with van der Waals surface area (Å²) >= 11 is 6.61. The molecule has 0 radical (unpaired) electrons. The Morgan fingerprint density at radius 1 is 1.06 bits per heavy atom. The molecule has 190 valence electrons. The third kappa shape index (κ3) is 5.55. The van der Waals surface area contributed by atoms with Gasteiger partial charge in [0.2, 0.25) is 0 Å². The van der Waals surface area contributed by atoms with Gasteiger partial charge in [0.25, 0.3) is 5.91 Å². The first kappa shape index (κ1) is 25.7. The molecule has 36 heavy (non-hydrogen) atoms. The Morgan fingerprint density at radius 2 is 1.81 bits per heavy atom. The summed E-state index contributed by atoms with van der Waals surface area (Å²) in [6.45, 7) is 4.81. The first-order chi connectivity index (χ1) is 17.4. The summed E-state index contributed by atoms with van der Waals surface area (Å²) in [7, 11) is 3.53. The number of ether oxygens (including phenoxy) is 2. The van der Waals surface area contributed by atoms with Crippen LogP contribution >= 0.6 is 11.6 Å². The summed E-state index contributed by atoms with van der Waals surface area (Å²) in [5.74, 6) is 0.703. The minimum Gasteiger partial charge on any atom is -0.496 e. The molecular formula is C27H31ClN4O4. The predicted octanol–water partition coefficient (Wildman–Crippen LogP) is 4.59. The van der Waals surface area contributed by atoms with Crippen molar-refractivity contribution in [2.45, 2.75) is 19.9 Å². The number of fused-ring (bicyclic) bond motifs is 1. The van der Waals surface area contributed by atoms with Gasteiger partial charge in [0.1, 0.15) is 5.75 Å². The zero-order chi connectivity index (χ0) is 25.7. The Bertz CT molecular complexity index is 1260. The molecule has 2 heterocycles. The fourth-order valence-corrected chi connectivity index (χ4v) is 4.55. The maximum absolute atomic E-state index is 13.2. The second-order valence-electron chi connectivity index (χ2n) is 8.67. The molecule has 0 spiro atoms. The number of methoxy groups -OCH3 is 1. The van der Waals surface area contributed by atoms with Crippen molar-refractivity contribution in [2.24, 2.45) is 0 Å². The number of carbonyl (C=O) groups excluding carboxylic acids is 2. The van der Waals surface area contributed by atoms with Crippen molar-refractivity contribution in [3.63, 3.8) is 0 Å². The molecule has 0 saturated carbocycles. The van der Waals surface area contributed by atoms with Crippen LogP contribution in [0.2, 0.25) is 5.02 Å². The average Bonchev–Trinajstić information content (AvgIpc) is 2.91. The first-order valence-corrected chi connectivity index (χ1v) is 12.5. The van der Waals surface area contributed by atoms with E-state index in [0.717, 1.165) is 34.4 Å². The molecule has 0 unspecified atom stereocenters. The van der Waals surface area contributed by atoms with Crippen LogP contribution in [-0.2, 0) is 11.3 Å². The maximum Gasteiger partial charge on any atom is 0.409 e. The number of hydrogen-bond acceptors (Lipinski definition) is 6. The van der Waals surface area contributed by atoms with Crippen LogP contribution in [0.15, 0.2) is 42.5 Å². The highest BCUT2D eigenvalue weighted by Crippen LogP contribution is 2.31. The topological polar surface area (TPSA) is 84.0 Å². The number of halogens is 1. The van der Waals surface area contributed by atoms with Gasteiger partial charge in [0, 0.05) is 54.8 Å². The summed E-state index contributed by atoms with van der Waals surface area (Å²) < 4.78 is 10.7. The summed E-state index contributed by atoms with van der Waals surface area (Å²) in [4.78, 5) is 33.5. The van der Waals surface area contributed by atoms with Gasteiger partial charge in [-0.2, -0.15) is 0 Å². The first-order valence-electron chi connectivity index (χ1n) is 12.1. The number of hydrogen-bond donors (Lipinski definition) is 1. The van der Waals surface area contributed by atoms with Crippen LogP contribution in [-0.4, -0.2) is 73.7 Å².